The van der Waals surface area contributed by atoms with Crippen LogP contribution < -0.4 is 5.32 Å². The summed E-state index contributed by atoms with van der Waals surface area (Å²) >= 11 is 0. The zero-order chi connectivity index (χ0) is 35.1. The first-order valence-electron chi connectivity index (χ1n) is 18.6. The number of fused-ring (bicyclic) bond motifs is 7. The van der Waals surface area contributed by atoms with Crippen LogP contribution in [0.15, 0.2) is 43.0 Å². The van der Waals surface area contributed by atoms with Crippen molar-refractivity contribution in [1.82, 2.24) is 5.32 Å². The molecule has 4 fully saturated rings. The van der Waals surface area contributed by atoms with Gasteiger partial charge in [0.05, 0.1) is 19.1 Å². The van der Waals surface area contributed by atoms with E-state index in [1.54, 1.807) is 18.2 Å². The van der Waals surface area contributed by atoms with E-state index in [0.29, 0.717) is 29.2 Å². The summed E-state index contributed by atoms with van der Waals surface area (Å²) in [6.07, 6.45) is 16.9. The number of carbonyl (C=O) groups is 3. The third-order valence-corrected chi connectivity index (χ3v) is 15.0. The van der Waals surface area contributed by atoms with Gasteiger partial charge in [-0.2, -0.15) is 0 Å². The summed E-state index contributed by atoms with van der Waals surface area (Å²) in [6, 6.07) is 7.53. The lowest BCUT2D eigenvalue weighted by atomic mass is 9.32. The van der Waals surface area contributed by atoms with Gasteiger partial charge in [0, 0.05) is 13.0 Å². The molecule has 7 unspecified atom stereocenters. The van der Waals surface area contributed by atoms with Gasteiger partial charge in [0.15, 0.2) is 0 Å². The minimum Gasteiger partial charge on any atom is -0.478 e. The van der Waals surface area contributed by atoms with Gasteiger partial charge in [-0.05, 0) is 139 Å². The Kier molecular flexibility index (Phi) is 10.2. The Labute approximate surface area is 289 Å². The number of hydrogen-bond acceptors (Lipinski definition) is 4. The van der Waals surface area contributed by atoms with E-state index in [9.17, 15) is 19.5 Å². The van der Waals surface area contributed by atoms with Gasteiger partial charge in [0.2, 0.25) is 5.91 Å². The van der Waals surface area contributed by atoms with Crippen molar-refractivity contribution in [3.05, 3.63) is 54.1 Å². The van der Waals surface area contributed by atoms with Crippen LogP contribution in [0.3, 0.4) is 0 Å². The number of allylic oxidation sites excluding steroid dienone is 3. The maximum atomic E-state index is 12.7. The highest BCUT2D eigenvalue weighted by atomic mass is 16.5. The molecule has 5 aliphatic carbocycles. The standard InChI is InChI=1S/C39H55NO5.C3H6/c1-35(2)27(25-9-11-26(12-10-25)34(43)44)17-20-36(3)30(35)18-21-38(5)31(36)14-13-28-29-8-7-19-39(29,23-22-37(28,38)4)24-40-32(41)15-16-33(42)45-6;1-3-2/h9-12,17,28-31H,7-8,13-16,18-24H2,1-6H3,(H,40,41)(H,43,44);3H,1H2,2H3/t28?,29?,30?,31?,36?,37-,38?,39?;/m1./s1. The summed E-state index contributed by atoms with van der Waals surface area (Å²) < 4.78 is 4.73. The quantitative estimate of drug-likeness (QED) is 0.225. The summed E-state index contributed by atoms with van der Waals surface area (Å²) in [7, 11) is 1.37. The van der Waals surface area contributed by atoms with Gasteiger partial charge in [-0.15, -0.1) is 6.58 Å². The van der Waals surface area contributed by atoms with E-state index in [0.717, 1.165) is 13.0 Å². The smallest absolute Gasteiger partial charge is 0.335 e. The van der Waals surface area contributed by atoms with Crippen molar-refractivity contribution >= 4 is 23.4 Å². The van der Waals surface area contributed by atoms with Crippen LogP contribution in [0.25, 0.3) is 5.57 Å². The first-order chi connectivity index (χ1) is 22.6. The van der Waals surface area contributed by atoms with Crippen LogP contribution in [-0.4, -0.2) is 36.6 Å². The van der Waals surface area contributed by atoms with E-state index >= 15 is 0 Å². The third kappa shape index (κ3) is 5.87. The Morgan fingerprint density at radius 1 is 0.896 bits per heavy atom. The average molecular weight is 660 g/mol. The Morgan fingerprint density at radius 2 is 1.58 bits per heavy atom. The molecule has 48 heavy (non-hydrogen) atoms. The number of esters is 1. The van der Waals surface area contributed by atoms with Gasteiger partial charge in [0.25, 0.3) is 0 Å². The van der Waals surface area contributed by atoms with Crippen LogP contribution >= 0.6 is 0 Å². The van der Waals surface area contributed by atoms with Gasteiger partial charge >= 0.3 is 11.9 Å². The van der Waals surface area contributed by atoms with Crippen molar-refractivity contribution in [2.24, 2.45) is 50.7 Å². The van der Waals surface area contributed by atoms with E-state index in [2.05, 4.69) is 52.6 Å². The zero-order valence-electron chi connectivity index (χ0n) is 30.8. The predicted octanol–water partition coefficient (Wildman–Crippen LogP) is 9.50. The molecule has 1 amide bonds. The summed E-state index contributed by atoms with van der Waals surface area (Å²) in [5, 5.41) is 12.7. The molecule has 4 saturated carbocycles. The average Bonchev–Trinajstić information content (AvgIpc) is 3.47. The number of carboxylic acid groups (broad SMARTS) is 1. The molecule has 0 saturated heterocycles. The van der Waals surface area contributed by atoms with Crippen LogP contribution in [0.2, 0.25) is 0 Å². The molecule has 5 aliphatic rings. The SMILES string of the molecule is C=CC.COC(=O)CCC(=O)NCC12CCCC1C1CCC3C4(C)CC=C(c5ccc(C(=O)O)cc5)C(C)(C)C4CCC3(C)[C@]1(C)CC2. The molecule has 0 heterocycles. The Bertz CT molecular complexity index is 1430. The number of amides is 1. The largest absolute Gasteiger partial charge is 0.478 e. The molecule has 0 aliphatic heterocycles. The highest BCUT2D eigenvalue weighted by molar-refractivity contribution is 5.88. The first-order valence-corrected chi connectivity index (χ1v) is 18.6. The first kappa shape index (κ1) is 36.4. The van der Waals surface area contributed by atoms with Gasteiger partial charge in [-0.3, -0.25) is 9.59 Å². The highest BCUT2D eigenvalue weighted by Gasteiger charge is 2.69. The molecule has 6 heteroatoms. The van der Waals surface area contributed by atoms with Crippen molar-refractivity contribution in [2.45, 2.75) is 119 Å². The second-order valence-corrected chi connectivity index (χ2v) is 17.2. The van der Waals surface area contributed by atoms with Crippen molar-refractivity contribution < 1.29 is 24.2 Å². The number of rotatable bonds is 7. The minimum atomic E-state index is -0.875. The predicted molar refractivity (Wildman–Crippen MR) is 192 cm³/mol. The fraction of sp³-hybridized carbons (Fsp3) is 0.690. The van der Waals surface area contributed by atoms with E-state index < -0.39 is 5.97 Å². The molecule has 0 bridgehead atoms. The van der Waals surface area contributed by atoms with E-state index in [-0.39, 0.29) is 51.8 Å². The Balaban J connectivity index is 0.00000145. The molecule has 8 atom stereocenters. The van der Waals surface area contributed by atoms with E-state index in [1.807, 2.05) is 19.1 Å². The Morgan fingerprint density at radius 3 is 2.23 bits per heavy atom. The van der Waals surface area contributed by atoms with E-state index in [1.165, 1.54) is 76.0 Å². The second-order valence-electron chi connectivity index (χ2n) is 17.2. The lowest BCUT2D eigenvalue weighted by molar-refractivity contribution is -0.222. The monoisotopic (exact) mass is 659 g/mol. The van der Waals surface area contributed by atoms with Crippen LogP contribution in [0.5, 0.6) is 0 Å². The number of hydrogen-bond donors (Lipinski definition) is 2. The molecule has 0 aromatic heterocycles. The van der Waals surface area contributed by atoms with Gasteiger partial charge in [0.1, 0.15) is 0 Å². The number of methoxy groups -OCH3 is 1. The van der Waals surface area contributed by atoms with Crippen LogP contribution in [0, 0.1) is 50.7 Å². The molecular formula is C42H61NO5. The zero-order valence-corrected chi connectivity index (χ0v) is 30.8. The molecule has 1 aromatic rings. The summed E-state index contributed by atoms with van der Waals surface area (Å²) in [5.41, 5.74) is 3.89. The summed E-state index contributed by atoms with van der Waals surface area (Å²) in [4.78, 5) is 35.8. The second kappa shape index (κ2) is 13.4. The Hall–Kier alpha value is -2.89. The molecular weight excluding hydrogens is 598 g/mol. The lowest BCUT2D eigenvalue weighted by Crippen LogP contribution is -2.65. The number of carbonyl (C=O) groups excluding carboxylic acids is 2. The third-order valence-electron chi connectivity index (χ3n) is 15.0. The van der Waals surface area contributed by atoms with Gasteiger partial charge < -0.3 is 15.2 Å². The molecule has 2 N–H and O–H groups in total. The molecule has 264 valence electrons. The summed E-state index contributed by atoms with van der Waals surface area (Å²) in [5.74, 6) is 1.37. The number of aromatic carboxylic acids is 1. The number of carboxylic acids is 1. The molecule has 0 spiro atoms. The molecule has 1 aromatic carbocycles. The lowest BCUT2D eigenvalue weighted by Gasteiger charge is -2.72. The van der Waals surface area contributed by atoms with Crippen molar-refractivity contribution in [3.8, 4) is 0 Å². The molecule has 0 radical (unpaired) electrons. The van der Waals surface area contributed by atoms with Gasteiger partial charge in [-0.1, -0.05) is 65.3 Å². The summed E-state index contributed by atoms with van der Waals surface area (Å²) in [6.45, 7) is 18.8. The fourth-order valence-corrected chi connectivity index (χ4v) is 12.6. The minimum absolute atomic E-state index is 0.00999. The topological polar surface area (TPSA) is 92.7 Å². The molecule has 6 nitrogen and oxygen atoms in total. The van der Waals surface area contributed by atoms with Crippen molar-refractivity contribution in [3.63, 3.8) is 0 Å². The van der Waals surface area contributed by atoms with E-state index in [4.69, 9.17) is 4.74 Å². The fourth-order valence-electron chi connectivity index (χ4n) is 12.6. The van der Waals surface area contributed by atoms with Crippen molar-refractivity contribution in [1.29, 1.82) is 0 Å². The molecule has 6 rings (SSSR count). The number of nitrogens with one attached hydrogen (secondary N) is 1. The normalized spacial score (nSPS) is 37.5. The van der Waals surface area contributed by atoms with Crippen molar-refractivity contribution in [2.75, 3.05) is 13.7 Å². The van der Waals surface area contributed by atoms with Crippen LogP contribution in [0.1, 0.15) is 135 Å². The maximum Gasteiger partial charge on any atom is 0.335 e. The van der Waals surface area contributed by atoms with Gasteiger partial charge in [-0.25, -0.2) is 4.79 Å². The number of benzene rings is 1. The maximum absolute atomic E-state index is 12.7. The number of ether oxygens (including phenoxy) is 1. The van der Waals surface area contributed by atoms with Crippen LogP contribution in [-0.2, 0) is 14.3 Å². The van der Waals surface area contributed by atoms with Crippen LogP contribution in [0.4, 0.5) is 0 Å². The highest BCUT2D eigenvalue weighted by Crippen LogP contribution is 2.77.